The van der Waals surface area contributed by atoms with Crippen molar-refractivity contribution in [3.8, 4) is 55.6 Å². The van der Waals surface area contributed by atoms with Crippen molar-refractivity contribution in [2.75, 3.05) is 6.26 Å². The van der Waals surface area contributed by atoms with Gasteiger partial charge < -0.3 is 0 Å². The topological polar surface area (TPSA) is 0 Å². The molecule has 0 amide bonds. The second-order valence-corrected chi connectivity index (χ2v) is 20.4. The van der Waals surface area contributed by atoms with E-state index in [2.05, 4.69) is 282 Å². The summed E-state index contributed by atoms with van der Waals surface area (Å²) in [6, 6.07) is 95.7. The first-order chi connectivity index (χ1) is 32.3. The predicted molar refractivity (Wildman–Crippen MR) is 287 cm³/mol. The zero-order chi connectivity index (χ0) is 45.6. The number of aryl methyl sites for hydroxylation is 3. The quantitative estimate of drug-likeness (QED) is 0.136. The van der Waals surface area contributed by atoms with Crippen LogP contribution < -0.4 is 0 Å². The van der Waals surface area contributed by atoms with Crippen LogP contribution in [0.25, 0.3) is 55.6 Å². The molecule has 10 rings (SSSR count). The molecule has 0 nitrogen and oxygen atoms in total. The number of hydrogen-bond donors (Lipinski definition) is 0. The molecule has 0 saturated carbocycles. The summed E-state index contributed by atoms with van der Waals surface area (Å²) in [7, 11) is -1.45. The Morgan fingerprint density at radius 2 is 0.591 bits per heavy atom. The Morgan fingerprint density at radius 3 is 0.985 bits per heavy atom. The van der Waals surface area contributed by atoms with Gasteiger partial charge in [-0.25, -0.2) is 0 Å². The summed E-state index contributed by atoms with van der Waals surface area (Å²) >= 11 is 0. The van der Waals surface area contributed by atoms with Crippen molar-refractivity contribution in [1.82, 2.24) is 0 Å². The first-order valence-corrected chi connectivity index (χ1v) is 25.0. The molecule has 0 atom stereocenters. The van der Waals surface area contributed by atoms with Crippen molar-refractivity contribution in [2.24, 2.45) is 0 Å². The highest BCUT2D eigenvalue weighted by molar-refractivity contribution is 8.32. The largest absolute Gasteiger partial charge is 0.186 e. The highest BCUT2D eigenvalue weighted by Gasteiger charge is 2.26. The lowest BCUT2D eigenvalue weighted by Gasteiger charge is -2.38. The van der Waals surface area contributed by atoms with Crippen molar-refractivity contribution in [1.29, 1.82) is 0 Å². The van der Waals surface area contributed by atoms with E-state index >= 15 is 0 Å². The van der Waals surface area contributed by atoms with E-state index < -0.39 is 10.0 Å². The summed E-state index contributed by atoms with van der Waals surface area (Å²) in [5.74, 6) is 0.966. The molecule has 0 bridgehead atoms. The van der Waals surface area contributed by atoms with E-state index in [0.29, 0.717) is 0 Å². The van der Waals surface area contributed by atoms with Crippen molar-refractivity contribution >= 4 is 10.0 Å². The van der Waals surface area contributed by atoms with E-state index in [1.165, 1.54) is 87.7 Å². The first-order valence-electron chi connectivity index (χ1n) is 22.8. The molecule has 10 aromatic rings. The third-order valence-corrected chi connectivity index (χ3v) is 15.5. The van der Waals surface area contributed by atoms with Gasteiger partial charge in [-0.3, -0.25) is 0 Å². The van der Waals surface area contributed by atoms with Crippen molar-refractivity contribution in [3.63, 3.8) is 0 Å². The van der Waals surface area contributed by atoms with Gasteiger partial charge in [-0.05, 0) is 128 Å². The second kappa shape index (κ2) is 22.0. The molecular formula is C65H58S. The molecule has 10 aromatic carbocycles. The molecule has 0 aliphatic rings. The molecule has 0 aromatic heterocycles. The minimum absolute atomic E-state index is 0.966. The Bertz CT molecular complexity index is 2920. The van der Waals surface area contributed by atoms with Gasteiger partial charge in [-0.1, -0.05) is 254 Å². The van der Waals surface area contributed by atoms with Gasteiger partial charge >= 0.3 is 0 Å². The van der Waals surface area contributed by atoms with Crippen LogP contribution in [-0.4, -0.2) is 6.26 Å². The molecule has 0 heterocycles. The lowest BCUT2D eigenvalue weighted by molar-refractivity contribution is 1.28. The molecular weight excluding hydrogens is 813 g/mol. The Kier molecular flexibility index (Phi) is 15.0. The Hall–Kier alpha value is -7.45. The molecule has 1 heteroatoms. The summed E-state index contributed by atoms with van der Waals surface area (Å²) < 4.78 is 0. The van der Waals surface area contributed by atoms with Crippen molar-refractivity contribution < 1.29 is 0 Å². The average molecular weight is 871 g/mol. The maximum Gasteiger partial charge on any atom is 0.0107 e. The van der Waals surface area contributed by atoms with Crippen LogP contribution in [0, 0.1) is 20.8 Å². The fourth-order valence-electron chi connectivity index (χ4n) is 8.48. The monoisotopic (exact) mass is 870 g/mol. The van der Waals surface area contributed by atoms with Gasteiger partial charge in [0.2, 0.25) is 0 Å². The van der Waals surface area contributed by atoms with Gasteiger partial charge in [0, 0.05) is 5.75 Å². The molecule has 0 saturated heterocycles. The van der Waals surface area contributed by atoms with Crippen LogP contribution in [0.3, 0.4) is 0 Å². The Balaban J connectivity index is 0.000000183. The lowest BCUT2D eigenvalue weighted by Crippen LogP contribution is -2.06. The molecule has 0 spiro atoms. The fourth-order valence-corrected chi connectivity index (χ4v) is 11.5. The van der Waals surface area contributed by atoms with Crippen molar-refractivity contribution in [2.45, 2.75) is 36.3 Å². The van der Waals surface area contributed by atoms with E-state index in [1.54, 1.807) is 0 Å². The Morgan fingerprint density at radius 1 is 0.273 bits per heavy atom. The molecule has 0 unspecified atom stereocenters. The molecule has 0 N–H and O–H groups in total. The highest BCUT2D eigenvalue weighted by Crippen LogP contribution is 2.63. The zero-order valence-corrected chi connectivity index (χ0v) is 39.3. The van der Waals surface area contributed by atoms with Crippen LogP contribution in [0.5, 0.6) is 0 Å². The van der Waals surface area contributed by atoms with Gasteiger partial charge in [-0.2, -0.15) is 10.0 Å². The lowest BCUT2D eigenvalue weighted by atomic mass is 9.97. The number of hydrogen-bond acceptors (Lipinski definition) is 0. The molecule has 0 aliphatic heterocycles. The molecule has 324 valence electrons. The summed E-state index contributed by atoms with van der Waals surface area (Å²) in [5, 5.41) is 0. The first kappa shape index (κ1) is 45.1. The van der Waals surface area contributed by atoms with Crippen LogP contribution in [0.2, 0.25) is 0 Å². The van der Waals surface area contributed by atoms with Crippen LogP contribution in [0.1, 0.15) is 22.3 Å². The maximum absolute atomic E-state index is 2.50. The number of rotatable bonds is 9. The average Bonchev–Trinajstić information content (AvgIpc) is 3.38. The Labute approximate surface area is 395 Å². The zero-order valence-electron chi connectivity index (χ0n) is 38.5. The van der Waals surface area contributed by atoms with E-state index in [0.717, 1.165) is 5.75 Å². The van der Waals surface area contributed by atoms with Gasteiger partial charge in [0.25, 0.3) is 0 Å². The summed E-state index contributed by atoms with van der Waals surface area (Å²) in [6.07, 6.45) is 2.50. The molecule has 66 heavy (non-hydrogen) atoms. The second-order valence-electron chi connectivity index (χ2n) is 17.0. The van der Waals surface area contributed by atoms with Gasteiger partial charge in [-0.15, -0.1) is 0 Å². The third-order valence-electron chi connectivity index (χ3n) is 12.1. The summed E-state index contributed by atoms with van der Waals surface area (Å²) in [4.78, 5) is 2.80. The maximum atomic E-state index is 2.50. The van der Waals surface area contributed by atoms with Crippen LogP contribution in [-0.2, 0) is 5.75 Å². The minimum Gasteiger partial charge on any atom is -0.186 e. The molecule has 0 fully saturated rings. The summed E-state index contributed by atoms with van der Waals surface area (Å²) in [5.41, 5.74) is 18.2. The van der Waals surface area contributed by atoms with E-state index in [1.807, 2.05) is 12.1 Å². The SMILES string of the molecule is Cc1cccc(-c2ccccc2)c1.Cc1cccc(-c2ccccc2)c1.Cc1ccccc1-c1ccccc1CS(C)(c1cccc(-c2ccccc2)c1)c1cccc(-c2ccccc2)c1. The van der Waals surface area contributed by atoms with Gasteiger partial charge in [0.1, 0.15) is 0 Å². The highest BCUT2D eigenvalue weighted by atomic mass is 32.3. The smallest absolute Gasteiger partial charge is 0.0107 e. The summed E-state index contributed by atoms with van der Waals surface area (Å²) in [6.45, 7) is 6.45. The van der Waals surface area contributed by atoms with Gasteiger partial charge in [0.15, 0.2) is 0 Å². The van der Waals surface area contributed by atoms with E-state index in [-0.39, 0.29) is 0 Å². The number of benzene rings is 10. The van der Waals surface area contributed by atoms with Gasteiger partial charge in [0.05, 0.1) is 0 Å². The van der Waals surface area contributed by atoms with Crippen molar-refractivity contribution in [3.05, 3.63) is 289 Å². The predicted octanol–water partition coefficient (Wildman–Crippen LogP) is 18.4. The standard InChI is InChI=1S/C39H34S.2C13H12/c1-30-15-9-11-25-38(30)39-26-12-10-20-35(39)29-40(2,36-23-13-21-33(27-36)31-16-5-3-6-17-31)37-24-14-22-34(28-37)32-18-7-4-8-19-32;2*1-11-6-5-9-13(10-11)12-7-3-2-4-8-12/h3-28H,29H2,1-2H3;2*2-10H,1H3. The van der Waals surface area contributed by atoms with E-state index in [9.17, 15) is 0 Å². The fraction of sp³-hybridized carbons (Fsp3) is 0.0769. The normalized spacial score (nSPS) is 11.0. The van der Waals surface area contributed by atoms with Crippen LogP contribution in [0.15, 0.2) is 277 Å². The van der Waals surface area contributed by atoms with Crippen LogP contribution in [0.4, 0.5) is 0 Å². The molecule has 0 aliphatic carbocycles. The van der Waals surface area contributed by atoms with E-state index in [4.69, 9.17) is 0 Å². The molecule has 0 radical (unpaired) electrons. The third kappa shape index (κ3) is 11.4. The minimum atomic E-state index is -1.45. The van der Waals surface area contributed by atoms with Crippen LogP contribution >= 0.6 is 10.0 Å².